The number of hydrogen-bond acceptors (Lipinski definition) is 7. The van der Waals surface area contributed by atoms with Crippen molar-refractivity contribution in [1.82, 2.24) is 0 Å². The molecule has 0 fully saturated rings. The lowest BCUT2D eigenvalue weighted by atomic mass is 9.97. The fourth-order valence-corrected chi connectivity index (χ4v) is 7.40. The minimum Gasteiger partial charge on any atom is -0.497 e. The molecule has 0 saturated carbocycles. The molecule has 39 heavy (non-hydrogen) atoms. The van der Waals surface area contributed by atoms with Gasteiger partial charge in [0.2, 0.25) is 9.84 Å². The number of nitriles is 1. The van der Waals surface area contributed by atoms with Crippen LogP contribution in [-0.2, 0) is 19.7 Å². The normalized spacial score (nSPS) is 13.2. The SMILES string of the molecule is COc1ccc([C@H](Nc2ccc(C#N)cc2)[C@H](c2ccccc2S(=O)(=O)c2ccc(C)cc2)S(C)(=O)=O)cc1. The number of methoxy groups -OCH3 is 1. The summed E-state index contributed by atoms with van der Waals surface area (Å²) in [6, 6.07) is 27.4. The standard InChI is InChI=1S/C30H28N2O5S2/c1-21-8-18-26(19-9-21)39(35,36)28-7-5-4-6-27(28)30(38(3,33)34)29(23-12-16-25(37-2)17-13-23)32-24-14-10-22(20-31)11-15-24/h4-19,29-30,32H,1-3H3/t29-,30-/m0/s1. The molecule has 4 aromatic rings. The van der Waals surface area contributed by atoms with Gasteiger partial charge in [-0.1, -0.05) is 48.0 Å². The fraction of sp³-hybridized carbons (Fsp3) is 0.167. The summed E-state index contributed by atoms with van der Waals surface area (Å²) in [4.78, 5) is -0.00160. The Bertz CT molecular complexity index is 1710. The maximum Gasteiger partial charge on any atom is 0.206 e. The predicted molar refractivity (Wildman–Crippen MR) is 151 cm³/mol. The topological polar surface area (TPSA) is 113 Å². The molecule has 1 N–H and O–H groups in total. The van der Waals surface area contributed by atoms with Gasteiger partial charge in [0.1, 0.15) is 11.0 Å². The zero-order valence-electron chi connectivity index (χ0n) is 21.7. The number of sulfone groups is 2. The van der Waals surface area contributed by atoms with Crippen molar-refractivity contribution in [2.75, 3.05) is 18.7 Å². The van der Waals surface area contributed by atoms with Crippen LogP contribution >= 0.6 is 0 Å². The number of hydrogen-bond donors (Lipinski definition) is 1. The van der Waals surface area contributed by atoms with Gasteiger partial charge in [0.05, 0.1) is 34.6 Å². The Morgan fingerprint density at radius 1 is 0.821 bits per heavy atom. The Labute approximate surface area is 229 Å². The van der Waals surface area contributed by atoms with Gasteiger partial charge < -0.3 is 10.1 Å². The third-order valence-corrected chi connectivity index (χ3v) is 9.71. The van der Waals surface area contributed by atoms with Crippen LogP contribution in [0.4, 0.5) is 5.69 Å². The van der Waals surface area contributed by atoms with Gasteiger partial charge >= 0.3 is 0 Å². The first-order valence-electron chi connectivity index (χ1n) is 12.0. The average Bonchev–Trinajstić information content (AvgIpc) is 2.93. The Balaban J connectivity index is 1.92. The fourth-order valence-electron chi connectivity index (χ4n) is 4.43. The van der Waals surface area contributed by atoms with E-state index in [1.807, 2.05) is 6.92 Å². The van der Waals surface area contributed by atoms with Crippen molar-refractivity contribution in [2.24, 2.45) is 0 Å². The molecule has 0 amide bonds. The number of nitrogens with zero attached hydrogens (tertiary/aromatic N) is 1. The van der Waals surface area contributed by atoms with Crippen molar-refractivity contribution in [3.05, 3.63) is 119 Å². The maximum absolute atomic E-state index is 13.8. The van der Waals surface area contributed by atoms with Crippen molar-refractivity contribution in [3.63, 3.8) is 0 Å². The highest BCUT2D eigenvalue weighted by molar-refractivity contribution is 7.92. The van der Waals surface area contributed by atoms with Crippen LogP contribution in [0.3, 0.4) is 0 Å². The van der Waals surface area contributed by atoms with E-state index in [-0.39, 0.29) is 15.4 Å². The van der Waals surface area contributed by atoms with E-state index in [4.69, 9.17) is 4.74 Å². The zero-order valence-corrected chi connectivity index (χ0v) is 23.3. The minimum absolute atomic E-state index is 0.0776. The van der Waals surface area contributed by atoms with E-state index in [2.05, 4.69) is 11.4 Å². The van der Waals surface area contributed by atoms with Gasteiger partial charge in [0.25, 0.3) is 0 Å². The van der Waals surface area contributed by atoms with Crippen LogP contribution in [0.1, 0.15) is 33.5 Å². The van der Waals surface area contributed by atoms with Crippen LogP contribution in [0, 0.1) is 18.3 Å². The van der Waals surface area contributed by atoms with E-state index < -0.39 is 31.0 Å². The number of aryl methyl sites for hydroxylation is 1. The molecule has 0 aliphatic rings. The smallest absolute Gasteiger partial charge is 0.206 e. The summed E-state index contributed by atoms with van der Waals surface area (Å²) in [5.74, 6) is 0.592. The van der Waals surface area contributed by atoms with E-state index in [9.17, 15) is 22.1 Å². The van der Waals surface area contributed by atoms with Gasteiger partial charge in [0.15, 0.2) is 9.84 Å². The average molecular weight is 561 g/mol. The first kappa shape index (κ1) is 27.9. The first-order chi connectivity index (χ1) is 18.5. The molecule has 7 nitrogen and oxygen atoms in total. The predicted octanol–water partition coefficient (Wildman–Crippen LogP) is 5.65. The molecule has 0 saturated heterocycles. The number of ether oxygens (including phenoxy) is 1. The molecule has 0 bridgehead atoms. The zero-order chi connectivity index (χ0) is 28.2. The van der Waals surface area contributed by atoms with Crippen LogP contribution in [-0.4, -0.2) is 30.2 Å². The molecule has 4 rings (SSSR count). The molecule has 0 radical (unpaired) electrons. The second-order valence-corrected chi connectivity index (χ2v) is 13.3. The number of nitrogens with one attached hydrogen (secondary N) is 1. The molecule has 2 atom stereocenters. The molecule has 0 unspecified atom stereocenters. The van der Waals surface area contributed by atoms with Crippen LogP contribution in [0.15, 0.2) is 107 Å². The lowest BCUT2D eigenvalue weighted by molar-refractivity contribution is 0.414. The van der Waals surface area contributed by atoms with Crippen molar-refractivity contribution < 1.29 is 21.6 Å². The van der Waals surface area contributed by atoms with E-state index >= 15 is 0 Å². The summed E-state index contributed by atoms with van der Waals surface area (Å²) in [6.07, 6.45) is 1.10. The van der Waals surface area contributed by atoms with Gasteiger partial charge in [-0.15, -0.1) is 0 Å². The second-order valence-electron chi connectivity index (χ2n) is 9.19. The first-order valence-corrected chi connectivity index (χ1v) is 15.5. The van der Waals surface area contributed by atoms with Crippen molar-refractivity contribution in [3.8, 4) is 11.8 Å². The number of rotatable bonds is 9. The molecule has 4 aromatic carbocycles. The van der Waals surface area contributed by atoms with Crippen molar-refractivity contribution in [2.45, 2.75) is 28.0 Å². The molecule has 200 valence electrons. The molecule has 0 heterocycles. The summed E-state index contributed by atoms with van der Waals surface area (Å²) in [6.45, 7) is 1.86. The highest BCUT2D eigenvalue weighted by Crippen LogP contribution is 2.42. The molecular weight excluding hydrogens is 532 g/mol. The third-order valence-electron chi connectivity index (χ3n) is 6.42. The second kappa shape index (κ2) is 11.3. The maximum atomic E-state index is 13.8. The summed E-state index contributed by atoms with van der Waals surface area (Å²) in [5.41, 5.74) is 2.70. The minimum atomic E-state index is -4.05. The van der Waals surface area contributed by atoms with Crippen molar-refractivity contribution in [1.29, 1.82) is 5.26 Å². The van der Waals surface area contributed by atoms with E-state index in [1.165, 1.54) is 25.3 Å². The van der Waals surface area contributed by atoms with Crippen molar-refractivity contribution >= 4 is 25.4 Å². The van der Waals surface area contributed by atoms with Crippen LogP contribution in [0.25, 0.3) is 0 Å². The largest absolute Gasteiger partial charge is 0.497 e. The number of benzene rings is 4. The molecule has 0 spiro atoms. The number of anilines is 1. The van der Waals surface area contributed by atoms with Gasteiger partial charge in [-0.05, 0) is 72.6 Å². The van der Waals surface area contributed by atoms with Crippen LogP contribution in [0.5, 0.6) is 5.75 Å². The monoisotopic (exact) mass is 560 g/mol. The molecule has 0 aliphatic carbocycles. The van der Waals surface area contributed by atoms with Crippen LogP contribution < -0.4 is 10.1 Å². The van der Waals surface area contributed by atoms with E-state index in [0.717, 1.165) is 11.8 Å². The van der Waals surface area contributed by atoms with Gasteiger partial charge in [0, 0.05) is 11.9 Å². The summed E-state index contributed by atoms with van der Waals surface area (Å²) in [5, 5.41) is 11.2. The van der Waals surface area contributed by atoms with Gasteiger partial charge in [-0.2, -0.15) is 5.26 Å². The highest BCUT2D eigenvalue weighted by Gasteiger charge is 2.37. The highest BCUT2D eigenvalue weighted by atomic mass is 32.2. The Morgan fingerprint density at radius 3 is 2.00 bits per heavy atom. The molecule has 0 aliphatic heterocycles. The third kappa shape index (κ3) is 6.14. The Hall–Kier alpha value is -4.13. The Morgan fingerprint density at radius 2 is 1.44 bits per heavy atom. The summed E-state index contributed by atoms with van der Waals surface area (Å²) < 4.78 is 59.9. The van der Waals surface area contributed by atoms with E-state index in [0.29, 0.717) is 22.6 Å². The lowest BCUT2D eigenvalue weighted by Crippen LogP contribution is -2.27. The molecule has 9 heteroatoms. The summed E-state index contributed by atoms with van der Waals surface area (Å²) in [7, 11) is -6.41. The summed E-state index contributed by atoms with van der Waals surface area (Å²) >= 11 is 0. The Kier molecular flexibility index (Phi) is 8.09. The van der Waals surface area contributed by atoms with Crippen LogP contribution in [0.2, 0.25) is 0 Å². The quantitative estimate of drug-likeness (QED) is 0.282. The van der Waals surface area contributed by atoms with Gasteiger partial charge in [-0.25, -0.2) is 16.8 Å². The van der Waals surface area contributed by atoms with E-state index in [1.54, 1.807) is 78.9 Å². The lowest BCUT2D eigenvalue weighted by Gasteiger charge is -2.30. The molecular formula is C30H28N2O5S2. The van der Waals surface area contributed by atoms with Gasteiger partial charge in [-0.3, -0.25) is 0 Å². The molecule has 0 aromatic heterocycles.